The van der Waals surface area contributed by atoms with Gasteiger partial charge in [-0.25, -0.2) is 18.2 Å². The van der Waals surface area contributed by atoms with Crippen molar-refractivity contribution < 1.29 is 17.9 Å². The minimum Gasteiger partial charge on any atom is -0.376 e. The lowest BCUT2D eigenvalue weighted by Crippen LogP contribution is -2.47. The number of rotatable bonds is 4. The number of anilines is 1. The Morgan fingerprint density at radius 2 is 2.26 bits per heavy atom. The van der Waals surface area contributed by atoms with E-state index in [9.17, 15) is 13.2 Å². The van der Waals surface area contributed by atoms with Crippen LogP contribution in [0.5, 0.6) is 0 Å². The minimum atomic E-state index is -3.06. The summed E-state index contributed by atoms with van der Waals surface area (Å²) in [6.07, 6.45) is 3.92. The Kier molecular flexibility index (Phi) is 4.82. The molecule has 3 heterocycles. The molecule has 2 aliphatic heterocycles. The number of carbonyl (C=O) groups is 1. The van der Waals surface area contributed by atoms with E-state index < -0.39 is 9.84 Å². The summed E-state index contributed by atoms with van der Waals surface area (Å²) in [7, 11) is -3.06. The van der Waals surface area contributed by atoms with Crippen molar-refractivity contribution in [2.45, 2.75) is 31.4 Å². The molecule has 0 radical (unpaired) electrons. The Morgan fingerprint density at radius 1 is 1.39 bits per heavy atom. The van der Waals surface area contributed by atoms with Crippen LogP contribution < -0.4 is 5.32 Å². The van der Waals surface area contributed by atoms with Crippen LogP contribution in [0.2, 0.25) is 0 Å². The molecule has 1 aromatic rings. The first kappa shape index (κ1) is 16.2. The number of aromatic nitrogens is 1. The second kappa shape index (κ2) is 6.84. The fraction of sp³-hybridized carbons (Fsp3) is 0.600. The lowest BCUT2D eigenvalue weighted by molar-refractivity contribution is 0.0750. The molecular weight excluding hydrogens is 318 g/mol. The highest BCUT2D eigenvalue weighted by atomic mass is 32.2. The third kappa shape index (κ3) is 4.20. The topological polar surface area (TPSA) is 88.6 Å². The largest absolute Gasteiger partial charge is 0.376 e. The molecule has 2 fully saturated rings. The molecule has 3 rings (SSSR count). The van der Waals surface area contributed by atoms with Gasteiger partial charge in [0.25, 0.3) is 0 Å². The average molecular weight is 339 g/mol. The lowest BCUT2D eigenvalue weighted by atomic mass is 10.2. The molecule has 0 aromatic carbocycles. The SMILES string of the molecule is O=C(Nc1ccccn1)N(C[C@@H]1CCCO1)[C@@H]1CCS(=O)(=O)C1. The van der Waals surface area contributed by atoms with Crippen molar-refractivity contribution in [2.24, 2.45) is 0 Å². The second-order valence-corrected chi connectivity index (χ2v) is 8.22. The molecule has 1 N–H and O–H groups in total. The van der Waals surface area contributed by atoms with Crippen molar-refractivity contribution in [3.8, 4) is 0 Å². The van der Waals surface area contributed by atoms with Crippen LogP contribution in [0.3, 0.4) is 0 Å². The molecule has 2 atom stereocenters. The standard InChI is InChI=1S/C15H21N3O4S/c19-15(17-14-5-1-2-7-16-14)18(10-13-4-3-8-22-13)12-6-9-23(20,21)11-12/h1-2,5,7,12-13H,3-4,6,8-11H2,(H,16,17,19)/t12-,13+/m1/s1. The van der Waals surface area contributed by atoms with E-state index >= 15 is 0 Å². The molecule has 0 aliphatic carbocycles. The number of ether oxygens (including phenoxy) is 1. The number of urea groups is 1. The summed E-state index contributed by atoms with van der Waals surface area (Å²) in [5, 5.41) is 2.75. The van der Waals surface area contributed by atoms with Gasteiger partial charge in [0.2, 0.25) is 0 Å². The van der Waals surface area contributed by atoms with Crippen molar-refractivity contribution in [1.29, 1.82) is 0 Å². The zero-order valence-corrected chi connectivity index (χ0v) is 13.7. The number of nitrogens with zero attached hydrogens (tertiary/aromatic N) is 2. The summed E-state index contributed by atoms with van der Waals surface area (Å²) >= 11 is 0. The molecule has 0 spiro atoms. The number of amides is 2. The maximum absolute atomic E-state index is 12.6. The highest BCUT2D eigenvalue weighted by Crippen LogP contribution is 2.22. The maximum Gasteiger partial charge on any atom is 0.323 e. The van der Waals surface area contributed by atoms with Crippen LogP contribution in [-0.4, -0.2) is 61.1 Å². The van der Waals surface area contributed by atoms with Crippen molar-refractivity contribution in [1.82, 2.24) is 9.88 Å². The number of hydrogen-bond acceptors (Lipinski definition) is 5. The van der Waals surface area contributed by atoms with Gasteiger partial charge < -0.3 is 9.64 Å². The van der Waals surface area contributed by atoms with Crippen LogP contribution in [-0.2, 0) is 14.6 Å². The summed E-state index contributed by atoms with van der Waals surface area (Å²) in [5.74, 6) is 0.613. The zero-order chi connectivity index (χ0) is 16.3. The van der Waals surface area contributed by atoms with E-state index in [0.717, 1.165) is 12.8 Å². The van der Waals surface area contributed by atoms with E-state index in [0.29, 0.717) is 25.4 Å². The fourth-order valence-corrected chi connectivity index (χ4v) is 4.78. The summed E-state index contributed by atoms with van der Waals surface area (Å²) in [6.45, 7) is 1.11. The van der Waals surface area contributed by atoms with Crippen LogP contribution in [0.15, 0.2) is 24.4 Å². The first-order valence-electron chi connectivity index (χ1n) is 7.84. The van der Waals surface area contributed by atoms with Crippen molar-refractivity contribution in [2.75, 3.05) is 30.0 Å². The van der Waals surface area contributed by atoms with Crippen molar-refractivity contribution in [3.05, 3.63) is 24.4 Å². The van der Waals surface area contributed by atoms with Crippen molar-refractivity contribution in [3.63, 3.8) is 0 Å². The Morgan fingerprint density at radius 3 is 2.87 bits per heavy atom. The molecule has 8 heteroatoms. The molecule has 2 amide bonds. The van der Waals surface area contributed by atoms with Gasteiger partial charge in [-0.3, -0.25) is 5.32 Å². The van der Waals surface area contributed by atoms with Crippen LogP contribution in [0.4, 0.5) is 10.6 Å². The van der Waals surface area contributed by atoms with E-state index in [4.69, 9.17) is 4.74 Å². The second-order valence-electron chi connectivity index (χ2n) is 5.99. The van der Waals surface area contributed by atoms with Gasteiger partial charge in [-0.2, -0.15) is 0 Å². The molecule has 2 aliphatic rings. The quantitative estimate of drug-likeness (QED) is 0.893. The molecule has 0 bridgehead atoms. The number of nitrogens with one attached hydrogen (secondary N) is 1. The number of sulfone groups is 1. The number of hydrogen-bond donors (Lipinski definition) is 1. The molecule has 2 saturated heterocycles. The van der Waals surface area contributed by atoms with Crippen LogP contribution in [0.1, 0.15) is 19.3 Å². The van der Waals surface area contributed by atoms with Crippen molar-refractivity contribution >= 4 is 21.7 Å². The Hall–Kier alpha value is -1.67. The number of pyridine rings is 1. The highest BCUT2D eigenvalue weighted by Gasteiger charge is 2.36. The molecule has 23 heavy (non-hydrogen) atoms. The van der Waals surface area contributed by atoms with E-state index in [-0.39, 0.29) is 29.7 Å². The average Bonchev–Trinajstić information content (AvgIpc) is 3.15. The Balaban J connectivity index is 1.72. The summed E-state index contributed by atoms with van der Waals surface area (Å²) < 4.78 is 29.1. The maximum atomic E-state index is 12.6. The van der Waals surface area contributed by atoms with Gasteiger partial charge in [-0.15, -0.1) is 0 Å². The predicted molar refractivity (Wildman–Crippen MR) is 86.0 cm³/mol. The van der Waals surface area contributed by atoms with E-state index in [1.807, 2.05) is 0 Å². The third-order valence-electron chi connectivity index (χ3n) is 4.23. The molecular formula is C15H21N3O4S. The highest BCUT2D eigenvalue weighted by molar-refractivity contribution is 7.91. The summed E-state index contributed by atoms with van der Waals surface area (Å²) in [5.41, 5.74) is 0. The molecule has 0 saturated carbocycles. The lowest BCUT2D eigenvalue weighted by Gasteiger charge is -2.30. The Labute approximate surface area is 135 Å². The van der Waals surface area contributed by atoms with Crippen LogP contribution >= 0.6 is 0 Å². The predicted octanol–water partition coefficient (Wildman–Crippen LogP) is 1.28. The third-order valence-corrected chi connectivity index (χ3v) is 5.98. The van der Waals surface area contributed by atoms with E-state index in [1.165, 1.54) is 0 Å². The zero-order valence-electron chi connectivity index (χ0n) is 12.8. The van der Waals surface area contributed by atoms with Gasteiger partial charge >= 0.3 is 6.03 Å². The smallest absolute Gasteiger partial charge is 0.323 e. The van der Waals surface area contributed by atoms with Gasteiger partial charge in [0.05, 0.1) is 17.6 Å². The molecule has 1 aromatic heterocycles. The summed E-state index contributed by atoms with van der Waals surface area (Å²) in [6, 6.07) is 4.64. The van der Waals surface area contributed by atoms with E-state index in [2.05, 4.69) is 10.3 Å². The number of carbonyl (C=O) groups excluding carboxylic acids is 1. The summed E-state index contributed by atoms with van der Waals surface area (Å²) in [4.78, 5) is 18.3. The monoisotopic (exact) mass is 339 g/mol. The Bertz CT molecular complexity index is 644. The van der Waals surface area contributed by atoms with Crippen LogP contribution in [0.25, 0.3) is 0 Å². The fourth-order valence-electron chi connectivity index (χ4n) is 3.04. The first-order valence-corrected chi connectivity index (χ1v) is 9.66. The minimum absolute atomic E-state index is 0.0206. The van der Waals surface area contributed by atoms with Gasteiger partial charge in [0.1, 0.15) is 5.82 Å². The molecule has 126 valence electrons. The normalized spacial score (nSPS) is 26.1. The van der Waals surface area contributed by atoms with Crippen LogP contribution in [0, 0.1) is 0 Å². The van der Waals surface area contributed by atoms with Gasteiger partial charge in [0, 0.05) is 25.4 Å². The van der Waals surface area contributed by atoms with Gasteiger partial charge in [0.15, 0.2) is 9.84 Å². The van der Waals surface area contributed by atoms with Gasteiger partial charge in [-0.1, -0.05) is 6.07 Å². The van der Waals surface area contributed by atoms with Gasteiger partial charge in [-0.05, 0) is 31.4 Å². The molecule has 7 nitrogen and oxygen atoms in total. The molecule has 0 unspecified atom stereocenters. The van der Waals surface area contributed by atoms with E-state index in [1.54, 1.807) is 29.3 Å². The first-order chi connectivity index (χ1) is 11.0.